The Balaban J connectivity index is 1.89. The number of nitrogens with zero attached hydrogens (tertiary/aromatic N) is 1. The first-order valence-electron chi connectivity index (χ1n) is 12.1. The Morgan fingerprint density at radius 1 is 1.11 bits per heavy atom. The molecule has 3 aromatic rings. The molecule has 2 aromatic carbocycles. The van der Waals surface area contributed by atoms with E-state index in [0.717, 1.165) is 5.56 Å². The van der Waals surface area contributed by atoms with E-state index in [4.69, 9.17) is 16.3 Å². The van der Waals surface area contributed by atoms with Gasteiger partial charge < -0.3 is 30.2 Å². The van der Waals surface area contributed by atoms with Gasteiger partial charge in [0.05, 0.1) is 25.6 Å². The zero-order chi connectivity index (χ0) is 28.0. The molecule has 0 unspecified atom stereocenters. The van der Waals surface area contributed by atoms with Crippen molar-refractivity contribution in [2.75, 3.05) is 11.9 Å². The average molecular weight is 542 g/mol. The molecule has 1 atom stereocenters. The molecule has 1 aromatic heterocycles. The van der Waals surface area contributed by atoms with Gasteiger partial charge in [0.25, 0.3) is 5.56 Å². The van der Waals surface area contributed by atoms with Gasteiger partial charge in [-0.25, -0.2) is 4.79 Å². The predicted octanol–water partition coefficient (Wildman–Crippen LogP) is 5.24. The first kappa shape index (κ1) is 28.6. The molecular formula is C28H32ClN3O6. The number of anilines is 1. The largest absolute Gasteiger partial charge is 0.505 e. The van der Waals surface area contributed by atoms with Crippen molar-refractivity contribution in [3.63, 3.8) is 0 Å². The number of carbonyl (C=O) groups is 2. The van der Waals surface area contributed by atoms with Gasteiger partial charge in [0, 0.05) is 22.3 Å². The molecule has 9 nitrogen and oxygen atoms in total. The van der Waals surface area contributed by atoms with Gasteiger partial charge in [-0.1, -0.05) is 61.3 Å². The number of hydrogen-bond donors (Lipinski definition) is 4. The lowest BCUT2D eigenvalue weighted by Crippen LogP contribution is -2.36. The molecule has 0 fully saturated rings. The van der Waals surface area contributed by atoms with E-state index in [2.05, 4.69) is 10.6 Å². The lowest BCUT2D eigenvalue weighted by Gasteiger charge is -2.20. The minimum absolute atomic E-state index is 0.0361. The number of carboxylic acids is 1. The predicted molar refractivity (Wildman–Crippen MR) is 146 cm³/mol. The van der Waals surface area contributed by atoms with Crippen LogP contribution in [0.4, 0.5) is 10.5 Å². The van der Waals surface area contributed by atoms with E-state index in [0.29, 0.717) is 34.1 Å². The molecule has 0 aliphatic heterocycles. The summed E-state index contributed by atoms with van der Waals surface area (Å²) in [5.41, 5.74) is 1.50. The highest BCUT2D eigenvalue weighted by atomic mass is 35.5. The van der Waals surface area contributed by atoms with Crippen molar-refractivity contribution >= 4 is 29.3 Å². The van der Waals surface area contributed by atoms with Crippen molar-refractivity contribution in [1.82, 2.24) is 9.88 Å². The van der Waals surface area contributed by atoms with Crippen molar-refractivity contribution in [2.24, 2.45) is 5.92 Å². The Labute approximate surface area is 226 Å². The number of rotatable bonds is 10. The van der Waals surface area contributed by atoms with Gasteiger partial charge in [0.1, 0.15) is 11.5 Å². The molecule has 202 valence electrons. The number of halogens is 1. The second-order valence-corrected chi connectivity index (χ2v) is 9.96. The zero-order valence-electron chi connectivity index (χ0n) is 21.7. The fourth-order valence-corrected chi connectivity index (χ4v) is 4.04. The third-order valence-electron chi connectivity index (χ3n) is 5.81. The number of urea groups is 1. The molecule has 10 heteroatoms. The van der Waals surface area contributed by atoms with Crippen LogP contribution in [0.25, 0.3) is 0 Å². The molecule has 2 amide bonds. The molecule has 0 aliphatic carbocycles. The maximum absolute atomic E-state index is 13.3. The van der Waals surface area contributed by atoms with E-state index >= 15 is 0 Å². The number of hydrogen-bond acceptors (Lipinski definition) is 5. The Bertz CT molecular complexity index is 1370. The molecule has 1 heterocycles. The van der Waals surface area contributed by atoms with Gasteiger partial charge in [-0.3, -0.25) is 9.59 Å². The van der Waals surface area contributed by atoms with Gasteiger partial charge in [-0.15, -0.1) is 0 Å². The highest BCUT2D eigenvalue weighted by Crippen LogP contribution is 2.29. The number of aliphatic carboxylic acids is 1. The number of benzene rings is 2. The van der Waals surface area contributed by atoms with Crippen molar-refractivity contribution in [1.29, 1.82) is 0 Å². The van der Waals surface area contributed by atoms with Crippen LogP contribution in [0, 0.1) is 19.8 Å². The summed E-state index contributed by atoms with van der Waals surface area (Å²) in [5, 5.41) is 25.3. The number of pyridine rings is 1. The molecule has 0 saturated heterocycles. The van der Waals surface area contributed by atoms with Crippen molar-refractivity contribution in [3.8, 4) is 11.5 Å². The summed E-state index contributed by atoms with van der Waals surface area (Å²) in [6, 6.07) is 10.6. The van der Waals surface area contributed by atoms with E-state index in [9.17, 15) is 24.6 Å². The van der Waals surface area contributed by atoms with E-state index in [1.807, 2.05) is 32.9 Å². The van der Waals surface area contributed by atoms with Crippen LogP contribution in [0.1, 0.15) is 48.6 Å². The first-order chi connectivity index (χ1) is 18.0. The number of aromatic hydroxyl groups is 1. The Hall–Kier alpha value is -3.98. The third-order valence-corrected chi connectivity index (χ3v) is 6.17. The van der Waals surface area contributed by atoms with Gasteiger partial charge in [0.2, 0.25) is 0 Å². The SMILES string of the molecule is Cc1ccc([C@H](CC(=O)O)NC(=O)Nc2c(O)c(C)cn(Cc3c(Cl)cccc3OCC(C)C)c2=O)cc1. The zero-order valence-corrected chi connectivity index (χ0v) is 22.5. The lowest BCUT2D eigenvalue weighted by molar-refractivity contribution is -0.137. The van der Waals surface area contributed by atoms with Gasteiger partial charge in [0.15, 0.2) is 5.69 Å². The minimum atomic E-state index is -1.10. The summed E-state index contributed by atoms with van der Waals surface area (Å²) in [6.07, 6.45) is 1.10. The molecular weight excluding hydrogens is 510 g/mol. The Morgan fingerprint density at radius 3 is 2.42 bits per heavy atom. The highest BCUT2D eigenvalue weighted by Gasteiger charge is 2.22. The highest BCUT2D eigenvalue weighted by molar-refractivity contribution is 6.31. The molecule has 38 heavy (non-hydrogen) atoms. The van der Waals surface area contributed by atoms with Gasteiger partial charge in [-0.2, -0.15) is 0 Å². The molecule has 4 N–H and O–H groups in total. The van der Waals surface area contributed by atoms with Crippen molar-refractivity contribution in [3.05, 3.63) is 86.3 Å². The minimum Gasteiger partial charge on any atom is -0.505 e. The maximum Gasteiger partial charge on any atom is 0.319 e. The van der Waals surface area contributed by atoms with Crippen LogP contribution in [-0.4, -0.2) is 33.4 Å². The third kappa shape index (κ3) is 7.29. The fourth-order valence-electron chi connectivity index (χ4n) is 3.81. The second-order valence-electron chi connectivity index (χ2n) is 9.55. The van der Waals surface area contributed by atoms with E-state index in [-0.39, 0.29) is 30.3 Å². The lowest BCUT2D eigenvalue weighted by atomic mass is 10.0. The number of aryl methyl sites for hydroxylation is 2. The van der Waals surface area contributed by atoms with Crippen LogP contribution >= 0.6 is 11.6 Å². The quantitative estimate of drug-likeness (QED) is 0.277. The molecule has 0 spiro atoms. The van der Waals surface area contributed by atoms with Crippen LogP contribution in [0.15, 0.2) is 53.5 Å². The molecule has 0 bridgehead atoms. The Morgan fingerprint density at radius 2 is 1.79 bits per heavy atom. The summed E-state index contributed by atoms with van der Waals surface area (Å²) in [4.78, 5) is 37.6. The average Bonchev–Trinajstić information content (AvgIpc) is 2.85. The van der Waals surface area contributed by atoms with Crippen LogP contribution in [0.5, 0.6) is 11.5 Å². The van der Waals surface area contributed by atoms with Crippen molar-refractivity contribution in [2.45, 2.75) is 46.7 Å². The molecule has 0 aliphatic rings. The summed E-state index contributed by atoms with van der Waals surface area (Å²) in [6.45, 7) is 8.01. The first-order valence-corrected chi connectivity index (χ1v) is 12.5. The standard InChI is InChI=1S/C28H32ClN3O6/c1-16(2)15-38-23-7-5-6-21(29)20(23)14-32-13-18(4)26(35)25(27(32)36)31-28(37)30-22(12-24(33)34)19-10-8-17(3)9-11-19/h5-11,13,16,22,35H,12,14-15H2,1-4H3,(H,33,34)(H2,30,31,37)/t22-/m0/s1. The van der Waals surface area contributed by atoms with Gasteiger partial charge >= 0.3 is 12.0 Å². The number of carbonyl (C=O) groups excluding carboxylic acids is 1. The molecule has 0 radical (unpaired) electrons. The number of nitrogens with one attached hydrogen (secondary N) is 2. The normalized spacial score (nSPS) is 11.7. The summed E-state index contributed by atoms with van der Waals surface area (Å²) in [5.74, 6) is -0.681. The van der Waals surface area contributed by atoms with Crippen molar-refractivity contribution < 1.29 is 24.5 Å². The topological polar surface area (TPSA) is 130 Å². The summed E-state index contributed by atoms with van der Waals surface area (Å²) in [7, 11) is 0. The maximum atomic E-state index is 13.3. The van der Waals surface area contributed by atoms with Crippen LogP contribution < -0.4 is 20.9 Å². The van der Waals surface area contributed by atoms with Crippen LogP contribution in [0.2, 0.25) is 5.02 Å². The van der Waals surface area contributed by atoms with Crippen LogP contribution in [0.3, 0.4) is 0 Å². The smallest absolute Gasteiger partial charge is 0.319 e. The van der Waals surface area contributed by atoms with E-state index in [1.165, 1.54) is 10.8 Å². The number of carboxylic acid groups (broad SMARTS) is 1. The second kappa shape index (κ2) is 12.5. The monoisotopic (exact) mass is 541 g/mol. The molecule has 0 saturated carbocycles. The van der Waals surface area contributed by atoms with E-state index in [1.54, 1.807) is 37.3 Å². The van der Waals surface area contributed by atoms with E-state index < -0.39 is 23.6 Å². The Kier molecular flexibility index (Phi) is 9.41. The number of ether oxygens (including phenoxy) is 1. The summed E-state index contributed by atoms with van der Waals surface area (Å²) < 4.78 is 7.21. The fraction of sp³-hybridized carbons (Fsp3) is 0.321. The van der Waals surface area contributed by atoms with Crippen LogP contribution in [-0.2, 0) is 11.3 Å². The number of amides is 2. The number of aromatic nitrogens is 1. The summed E-state index contributed by atoms with van der Waals surface area (Å²) >= 11 is 6.44. The van der Waals surface area contributed by atoms with Gasteiger partial charge in [-0.05, 0) is 37.5 Å². The molecule has 3 rings (SSSR count).